The monoisotopic (exact) mass is 377 g/mol. The number of halogens is 2. The molecule has 0 aliphatic heterocycles. The Morgan fingerprint density at radius 1 is 1.60 bits per heavy atom. The molecule has 5 heteroatoms. The van der Waals surface area contributed by atoms with Crippen molar-refractivity contribution < 1.29 is 9.59 Å². The van der Waals surface area contributed by atoms with E-state index in [1.54, 1.807) is 6.07 Å². The maximum Gasteiger partial charge on any atom is 0.174 e. The van der Waals surface area contributed by atoms with Gasteiger partial charge in [0.05, 0.1) is 17.0 Å². The number of hydrogen-bond acceptors (Lipinski definition) is 3. The van der Waals surface area contributed by atoms with Crippen molar-refractivity contribution in [2.75, 3.05) is 5.33 Å². The number of aldehydes is 1. The molecular formula is C10H5BrINO2. The van der Waals surface area contributed by atoms with Gasteiger partial charge in [0, 0.05) is 14.7 Å². The first kappa shape index (κ1) is 12.3. The summed E-state index contributed by atoms with van der Waals surface area (Å²) in [5, 5.41) is 8.99. The van der Waals surface area contributed by atoms with E-state index in [2.05, 4.69) is 15.9 Å². The number of rotatable bonds is 3. The summed E-state index contributed by atoms with van der Waals surface area (Å²) in [6.07, 6.45) is 0.614. The highest BCUT2D eigenvalue weighted by molar-refractivity contribution is 14.1. The van der Waals surface area contributed by atoms with Gasteiger partial charge in [-0.2, -0.15) is 5.26 Å². The van der Waals surface area contributed by atoms with Gasteiger partial charge in [-0.1, -0.05) is 15.9 Å². The van der Waals surface area contributed by atoms with Gasteiger partial charge in [-0.15, -0.1) is 0 Å². The Hall–Kier alpha value is -0.740. The molecule has 3 nitrogen and oxygen atoms in total. The standard InChI is InChI=1S/C10H5BrINO2/c11-3-10(15)8-1-6(4-13)7(5-14)2-9(8)12/h1-2,5H,3H2. The second-order valence-electron chi connectivity index (χ2n) is 2.71. The Bertz CT molecular complexity index is 465. The van der Waals surface area contributed by atoms with Crippen LogP contribution in [-0.4, -0.2) is 17.4 Å². The predicted molar refractivity (Wildman–Crippen MR) is 67.4 cm³/mol. The first-order chi connectivity index (χ1) is 7.13. The minimum atomic E-state index is -0.103. The summed E-state index contributed by atoms with van der Waals surface area (Å²) in [4.78, 5) is 22.1. The minimum absolute atomic E-state index is 0.103. The van der Waals surface area contributed by atoms with Crippen molar-refractivity contribution in [2.24, 2.45) is 0 Å². The molecule has 0 aromatic heterocycles. The Morgan fingerprint density at radius 3 is 2.73 bits per heavy atom. The van der Waals surface area contributed by atoms with Crippen LogP contribution in [0.3, 0.4) is 0 Å². The van der Waals surface area contributed by atoms with Crippen LogP contribution in [0.5, 0.6) is 0 Å². The topological polar surface area (TPSA) is 57.9 Å². The average Bonchev–Trinajstić information content (AvgIpc) is 2.27. The average molecular weight is 378 g/mol. The third-order valence-corrected chi connectivity index (χ3v) is 3.21. The van der Waals surface area contributed by atoms with Crippen LogP contribution in [0.15, 0.2) is 12.1 Å². The molecular weight excluding hydrogens is 373 g/mol. The van der Waals surface area contributed by atoms with Gasteiger partial charge >= 0.3 is 0 Å². The molecule has 1 rings (SSSR count). The van der Waals surface area contributed by atoms with E-state index in [9.17, 15) is 9.59 Å². The molecule has 0 N–H and O–H groups in total. The van der Waals surface area contributed by atoms with Gasteiger partial charge in [-0.25, -0.2) is 0 Å². The first-order valence-corrected chi connectivity index (χ1v) is 6.12. The number of benzene rings is 1. The molecule has 76 valence electrons. The van der Waals surface area contributed by atoms with Crippen LogP contribution in [0, 0.1) is 14.9 Å². The molecule has 0 unspecified atom stereocenters. The number of Topliss-reactive ketones (excluding diaryl/α,β-unsaturated/α-hetero) is 1. The molecule has 0 atom stereocenters. The summed E-state index contributed by atoms with van der Waals surface area (Å²) in [5.41, 5.74) is 1.01. The molecule has 1 aromatic carbocycles. The number of carbonyl (C=O) groups excluding carboxylic acids is 2. The van der Waals surface area contributed by atoms with Crippen LogP contribution >= 0.6 is 38.5 Å². The number of hydrogen-bond donors (Lipinski definition) is 0. The van der Waals surface area contributed by atoms with Crippen molar-refractivity contribution in [3.63, 3.8) is 0 Å². The van der Waals surface area contributed by atoms with E-state index in [-0.39, 0.29) is 16.7 Å². The summed E-state index contributed by atoms with van der Waals surface area (Å²) >= 11 is 5.03. The highest BCUT2D eigenvalue weighted by Gasteiger charge is 2.12. The van der Waals surface area contributed by atoms with Crippen molar-refractivity contribution >= 4 is 50.6 Å². The second kappa shape index (κ2) is 5.37. The highest BCUT2D eigenvalue weighted by atomic mass is 127. The molecule has 0 saturated heterocycles. The fourth-order valence-corrected chi connectivity index (χ4v) is 2.16. The number of ketones is 1. The van der Waals surface area contributed by atoms with E-state index in [0.29, 0.717) is 21.0 Å². The van der Waals surface area contributed by atoms with Crippen LogP contribution in [-0.2, 0) is 0 Å². The van der Waals surface area contributed by atoms with E-state index in [1.807, 2.05) is 28.7 Å². The van der Waals surface area contributed by atoms with Crippen LogP contribution in [0.4, 0.5) is 0 Å². The summed E-state index contributed by atoms with van der Waals surface area (Å²) in [6, 6.07) is 4.89. The van der Waals surface area contributed by atoms with Gasteiger partial charge in [0.25, 0.3) is 0 Å². The summed E-state index contributed by atoms with van der Waals surface area (Å²) in [6.45, 7) is 0. The summed E-state index contributed by atoms with van der Waals surface area (Å²) in [5.74, 6) is -0.103. The molecule has 0 spiro atoms. The highest BCUT2D eigenvalue weighted by Crippen LogP contribution is 2.18. The fourth-order valence-electron chi connectivity index (χ4n) is 1.07. The normalized spacial score (nSPS) is 9.40. The fraction of sp³-hybridized carbons (Fsp3) is 0.100. The SMILES string of the molecule is N#Cc1cc(C(=O)CBr)c(I)cc1C=O. The van der Waals surface area contributed by atoms with Crippen molar-refractivity contribution in [3.8, 4) is 6.07 Å². The first-order valence-electron chi connectivity index (χ1n) is 3.92. The summed E-state index contributed by atoms with van der Waals surface area (Å²) in [7, 11) is 0. The van der Waals surface area contributed by atoms with Crippen LogP contribution in [0.2, 0.25) is 0 Å². The number of nitrogens with zero attached hydrogens (tertiary/aromatic N) is 1. The number of nitriles is 1. The molecule has 0 aliphatic rings. The molecule has 15 heavy (non-hydrogen) atoms. The Labute approximate surface area is 109 Å². The lowest BCUT2D eigenvalue weighted by molar-refractivity contribution is 0.102. The van der Waals surface area contributed by atoms with E-state index in [0.717, 1.165) is 0 Å². The molecule has 0 aliphatic carbocycles. The summed E-state index contributed by atoms with van der Waals surface area (Å²) < 4.78 is 0.679. The number of alkyl halides is 1. The van der Waals surface area contributed by atoms with Crippen molar-refractivity contribution in [3.05, 3.63) is 32.4 Å². The third-order valence-electron chi connectivity index (χ3n) is 1.81. The Morgan fingerprint density at radius 2 is 2.27 bits per heavy atom. The third kappa shape index (κ3) is 2.63. The predicted octanol–water partition coefficient (Wildman–Crippen LogP) is 2.55. The van der Waals surface area contributed by atoms with Gasteiger partial charge in [-0.05, 0) is 34.7 Å². The minimum Gasteiger partial charge on any atom is -0.298 e. The zero-order chi connectivity index (χ0) is 11.4. The van der Waals surface area contributed by atoms with E-state index >= 15 is 0 Å². The lowest BCUT2D eigenvalue weighted by atomic mass is 10.0. The molecule has 0 fully saturated rings. The van der Waals surface area contributed by atoms with Crippen LogP contribution in [0.25, 0.3) is 0 Å². The van der Waals surface area contributed by atoms with Gasteiger partial charge in [0.15, 0.2) is 12.1 Å². The van der Waals surface area contributed by atoms with Gasteiger partial charge < -0.3 is 0 Å². The molecule has 1 aromatic rings. The molecule has 0 heterocycles. The van der Waals surface area contributed by atoms with Gasteiger partial charge in [0.2, 0.25) is 0 Å². The zero-order valence-corrected chi connectivity index (χ0v) is 11.2. The van der Waals surface area contributed by atoms with Gasteiger partial charge in [0.1, 0.15) is 0 Å². The maximum absolute atomic E-state index is 11.5. The largest absolute Gasteiger partial charge is 0.298 e. The van der Waals surface area contributed by atoms with Crippen molar-refractivity contribution in [1.29, 1.82) is 5.26 Å². The van der Waals surface area contributed by atoms with E-state index in [4.69, 9.17) is 5.26 Å². The smallest absolute Gasteiger partial charge is 0.174 e. The lowest BCUT2D eigenvalue weighted by Gasteiger charge is -2.03. The molecule has 0 bridgehead atoms. The second-order valence-corrected chi connectivity index (χ2v) is 4.43. The van der Waals surface area contributed by atoms with E-state index in [1.165, 1.54) is 6.07 Å². The molecule has 0 radical (unpaired) electrons. The Balaban J connectivity index is 3.40. The number of carbonyl (C=O) groups is 2. The van der Waals surface area contributed by atoms with Crippen LogP contribution < -0.4 is 0 Å². The van der Waals surface area contributed by atoms with Gasteiger partial charge in [-0.3, -0.25) is 9.59 Å². The maximum atomic E-state index is 11.5. The Kier molecular flexibility index (Phi) is 4.42. The zero-order valence-electron chi connectivity index (χ0n) is 7.46. The van der Waals surface area contributed by atoms with Crippen molar-refractivity contribution in [2.45, 2.75) is 0 Å². The van der Waals surface area contributed by atoms with Crippen LogP contribution in [0.1, 0.15) is 26.3 Å². The lowest BCUT2D eigenvalue weighted by Crippen LogP contribution is -2.05. The molecule has 0 amide bonds. The molecule has 0 saturated carbocycles. The van der Waals surface area contributed by atoms with Crippen molar-refractivity contribution in [1.82, 2.24) is 0 Å². The quantitative estimate of drug-likeness (QED) is 0.352. The van der Waals surface area contributed by atoms with E-state index < -0.39 is 0 Å².